The molecule has 3 aromatic rings. The van der Waals surface area contributed by atoms with Crippen LogP contribution < -0.4 is 5.32 Å². The first-order valence-electron chi connectivity index (χ1n) is 6.50. The molecule has 2 aromatic carbocycles. The Balaban J connectivity index is 2.26. The van der Waals surface area contributed by atoms with Crippen LogP contribution in [0.3, 0.4) is 0 Å². The maximum Gasteiger partial charge on any atom is 0.165 e. The predicted molar refractivity (Wildman–Crippen MR) is 79.2 cm³/mol. The van der Waals surface area contributed by atoms with Crippen LogP contribution in [0, 0.1) is 18.6 Å². The third kappa shape index (κ3) is 2.42. The largest absolute Gasteiger partial charge is 0.373 e. The Morgan fingerprint density at radius 3 is 2.52 bits per heavy atom. The van der Waals surface area contributed by atoms with Crippen molar-refractivity contribution >= 4 is 16.7 Å². The van der Waals surface area contributed by atoms with E-state index in [-0.39, 0.29) is 11.4 Å². The van der Waals surface area contributed by atoms with Crippen molar-refractivity contribution in [2.45, 2.75) is 6.92 Å². The Morgan fingerprint density at radius 2 is 1.81 bits per heavy atom. The summed E-state index contributed by atoms with van der Waals surface area (Å²) in [6.45, 7) is 1.98. The average molecular weight is 285 g/mol. The second-order valence-electron chi connectivity index (χ2n) is 4.79. The van der Waals surface area contributed by atoms with Crippen LogP contribution in [0.4, 0.5) is 14.6 Å². The molecule has 0 amide bonds. The van der Waals surface area contributed by atoms with E-state index in [1.54, 1.807) is 7.05 Å². The number of anilines is 1. The minimum absolute atomic E-state index is 0.176. The Morgan fingerprint density at radius 1 is 1.00 bits per heavy atom. The number of hydrogen-bond acceptors (Lipinski definition) is 3. The number of nitrogens with one attached hydrogen (secondary N) is 1. The molecule has 0 aliphatic rings. The van der Waals surface area contributed by atoms with E-state index in [1.165, 1.54) is 12.1 Å². The van der Waals surface area contributed by atoms with Gasteiger partial charge in [0.05, 0.1) is 11.1 Å². The molecule has 3 nitrogen and oxygen atoms in total. The van der Waals surface area contributed by atoms with E-state index in [0.29, 0.717) is 11.3 Å². The van der Waals surface area contributed by atoms with Gasteiger partial charge in [-0.1, -0.05) is 11.6 Å². The first kappa shape index (κ1) is 13.4. The Labute approximate surface area is 120 Å². The lowest BCUT2D eigenvalue weighted by molar-refractivity contribution is 0.585. The molecule has 0 atom stereocenters. The first-order chi connectivity index (χ1) is 10.1. The summed E-state index contributed by atoms with van der Waals surface area (Å²) in [4.78, 5) is 8.71. The van der Waals surface area contributed by atoms with Crippen LogP contribution in [-0.2, 0) is 0 Å². The molecule has 0 unspecified atom stereocenters. The van der Waals surface area contributed by atoms with Gasteiger partial charge in [-0.05, 0) is 31.2 Å². The summed E-state index contributed by atoms with van der Waals surface area (Å²) >= 11 is 0. The highest BCUT2D eigenvalue weighted by Gasteiger charge is 2.13. The van der Waals surface area contributed by atoms with Crippen molar-refractivity contribution in [2.24, 2.45) is 0 Å². The lowest BCUT2D eigenvalue weighted by atomic mass is 10.1. The van der Waals surface area contributed by atoms with Gasteiger partial charge in [-0.15, -0.1) is 0 Å². The molecule has 0 saturated heterocycles. The number of fused-ring (bicyclic) bond motifs is 1. The zero-order chi connectivity index (χ0) is 15.0. The Hall–Kier alpha value is -2.56. The summed E-state index contributed by atoms with van der Waals surface area (Å²) in [6.07, 6.45) is 0. The minimum atomic E-state index is -0.677. The molecule has 3 rings (SSSR count). The van der Waals surface area contributed by atoms with Crippen LogP contribution in [0.25, 0.3) is 22.3 Å². The van der Waals surface area contributed by atoms with Gasteiger partial charge in [0.15, 0.2) is 5.82 Å². The highest BCUT2D eigenvalue weighted by atomic mass is 19.1. The number of benzene rings is 2. The SMILES string of the molecule is CNc1nc(-c2ccc(F)cc2F)nc2ccc(C)cc12. The molecule has 106 valence electrons. The van der Waals surface area contributed by atoms with Crippen molar-refractivity contribution in [1.29, 1.82) is 0 Å². The van der Waals surface area contributed by atoms with E-state index in [2.05, 4.69) is 15.3 Å². The zero-order valence-electron chi connectivity index (χ0n) is 11.6. The molecule has 1 aromatic heterocycles. The highest BCUT2D eigenvalue weighted by Crippen LogP contribution is 2.27. The molecular formula is C16H13F2N3. The van der Waals surface area contributed by atoms with Crippen molar-refractivity contribution < 1.29 is 8.78 Å². The Bertz CT molecular complexity index is 831. The van der Waals surface area contributed by atoms with Gasteiger partial charge in [-0.2, -0.15) is 0 Å². The van der Waals surface area contributed by atoms with Crippen LogP contribution in [0.15, 0.2) is 36.4 Å². The van der Waals surface area contributed by atoms with E-state index < -0.39 is 11.6 Å². The number of nitrogens with zero attached hydrogens (tertiary/aromatic N) is 2. The van der Waals surface area contributed by atoms with Crippen LogP contribution in [-0.4, -0.2) is 17.0 Å². The lowest BCUT2D eigenvalue weighted by Crippen LogP contribution is -2.00. The van der Waals surface area contributed by atoms with Gasteiger partial charge in [-0.3, -0.25) is 0 Å². The van der Waals surface area contributed by atoms with Crippen LogP contribution in [0.5, 0.6) is 0 Å². The number of aromatic nitrogens is 2. The predicted octanol–water partition coefficient (Wildman–Crippen LogP) is 3.93. The van der Waals surface area contributed by atoms with Gasteiger partial charge in [-0.25, -0.2) is 18.7 Å². The minimum Gasteiger partial charge on any atom is -0.373 e. The molecule has 0 aliphatic carbocycles. The number of halogens is 2. The van der Waals surface area contributed by atoms with Gasteiger partial charge < -0.3 is 5.32 Å². The molecule has 0 bridgehead atoms. The van der Waals surface area contributed by atoms with Gasteiger partial charge in [0, 0.05) is 18.5 Å². The van der Waals surface area contributed by atoms with E-state index in [1.807, 2.05) is 25.1 Å². The van der Waals surface area contributed by atoms with Crippen LogP contribution >= 0.6 is 0 Å². The molecule has 0 radical (unpaired) electrons. The van der Waals surface area contributed by atoms with Crippen molar-refractivity contribution in [3.8, 4) is 11.4 Å². The molecular weight excluding hydrogens is 272 g/mol. The summed E-state index contributed by atoms with van der Waals surface area (Å²) in [5.41, 5.74) is 1.97. The van der Waals surface area contributed by atoms with E-state index in [0.717, 1.165) is 17.0 Å². The standard InChI is InChI=1S/C16H13F2N3/c1-9-3-6-14-12(7-9)15(19-2)21-16(20-14)11-5-4-10(17)8-13(11)18/h3-8H,1-2H3,(H,19,20,21). The van der Waals surface area contributed by atoms with Gasteiger partial charge in [0.2, 0.25) is 0 Å². The van der Waals surface area contributed by atoms with Crippen molar-refractivity contribution in [2.75, 3.05) is 12.4 Å². The van der Waals surface area contributed by atoms with E-state index in [4.69, 9.17) is 0 Å². The van der Waals surface area contributed by atoms with E-state index in [9.17, 15) is 8.78 Å². The maximum absolute atomic E-state index is 13.9. The normalized spacial score (nSPS) is 10.9. The molecule has 1 heterocycles. The fraction of sp³-hybridized carbons (Fsp3) is 0.125. The van der Waals surface area contributed by atoms with Gasteiger partial charge >= 0.3 is 0 Å². The number of rotatable bonds is 2. The van der Waals surface area contributed by atoms with Gasteiger partial charge in [0.25, 0.3) is 0 Å². The first-order valence-corrected chi connectivity index (χ1v) is 6.50. The fourth-order valence-corrected chi connectivity index (χ4v) is 2.22. The highest BCUT2D eigenvalue weighted by molar-refractivity contribution is 5.91. The molecule has 0 aliphatic heterocycles. The monoisotopic (exact) mass is 285 g/mol. The van der Waals surface area contributed by atoms with Crippen molar-refractivity contribution in [3.05, 3.63) is 53.6 Å². The molecule has 0 spiro atoms. The molecule has 1 N–H and O–H groups in total. The van der Waals surface area contributed by atoms with E-state index >= 15 is 0 Å². The second-order valence-corrected chi connectivity index (χ2v) is 4.79. The summed E-state index contributed by atoms with van der Waals surface area (Å²) < 4.78 is 26.9. The molecule has 21 heavy (non-hydrogen) atoms. The average Bonchev–Trinajstić information content (AvgIpc) is 2.46. The number of hydrogen-bond donors (Lipinski definition) is 1. The van der Waals surface area contributed by atoms with Crippen molar-refractivity contribution in [1.82, 2.24) is 9.97 Å². The van der Waals surface area contributed by atoms with Gasteiger partial charge in [0.1, 0.15) is 17.5 Å². The topological polar surface area (TPSA) is 37.8 Å². The van der Waals surface area contributed by atoms with Crippen LogP contribution in [0.1, 0.15) is 5.56 Å². The number of aryl methyl sites for hydroxylation is 1. The summed E-state index contributed by atoms with van der Waals surface area (Å²) in [6, 6.07) is 9.13. The van der Waals surface area contributed by atoms with Crippen LogP contribution in [0.2, 0.25) is 0 Å². The second kappa shape index (κ2) is 5.09. The smallest absolute Gasteiger partial charge is 0.165 e. The molecule has 0 fully saturated rings. The molecule has 0 saturated carbocycles. The summed E-state index contributed by atoms with van der Waals surface area (Å²) in [7, 11) is 1.74. The fourth-order valence-electron chi connectivity index (χ4n) is 2.22. The van der Waals surface area contributed by atoms with Crippen molar-refractivity contribution in [3.63, 3.8) is 0 Å². The lowest BCUT2D eigenvalue weighted by Gasteiger charge is -2.09. The third-order valence-electron chi connectivity index (χ3n) is 3.26. The summed E-state index contributed by atoms with van der Waals surface area (Å²) in [5.74, 6) is -0.458. The third-order valence-corrected chi connectivity index (χ3v) is 3.26. The zero-order valence-corrected chi connectivity index (χ0v) is 11.6. The quantitative estimate of drug-likeness (QED) is 0.775. The Kier molecular flexibility index (Phi) is 3.25. The summed E-state index contributed by atoms with van der Waals surface area (Å²) in [5, 5.41) is 3.86. The maximum atomic E-state index is 13.9. The molecule has 5 heteroatoms.